The van der Waals surface area contributed by atoms with Crippen molar-refractivity contribution in [2.75, 3.05) is 37.0 Å². The van der Waals surface area contributed by atoms with Gasteiger partial charge in [0.25, 0.3) is 0 Å². The third-order valence-corrected chi connectivity index (χ3v) is 5.73. The molecule has 164 valence electrons. The normalized spacial score (nSPS) is 18.7. The molecule has 31 heavy (non-hydrogen) atoms. The summed E-state index contributed by atoms with van der Waals surface area (Å²) in [6, 6.07) is 10.9. The fraction of sp³-hybridized carbons (Fsp3) is 0.391. The second-order valence-corrected chi connectivity index (χ2v) is 7.85. The Morgan fingerprint density at radius 3 is 2.55 bits per heavy atom. The van der Waals surface area contributed by atoms with E-state index in [0.717, 1.165) is 17.2 Å². The SMILES string of the molecule is COCC1CN(c2ccc(C#N)c(C(F)(F)F)c2)CC1C(=O)Nc1ccc(C)c(C)c1. The van der Waals surface area contributed by atoms with E-state index < -0.39 is 23.2 Å². The average molecular weight is 431 g/mol. The van der Waals surface area contributed by atoms with Gasteiger partial charge in [-0.25, -0.2) is 0 Å². The van der Waals surface area contributed by atoms with Gasteiger partial charge in [-0.15, -0.1) is 0 Å². The first kappa shape index (κ1) is 22.6. The summed E-state index contributed by atoms with van der Waals surface area (Å²) in [5.41, 5.74) is 1.78. The number of ether oxygens (including phenoxy) is 1. The number of hydrogen-bond acceptors (Lipinski definition) is 4. The number of anilines is 2. The maximum atomic E-state index is 13.4. The highest BCUT2D eigenvalue weighted by Crippen LogP contribution is 2.36. The van der Waals surface area contributed by atoms with Crippen LogP contribution in [0, 0.1) is 37.0 Å². The number of nitrogens with zero attached hydrogens (tertiary/aromatic N) is 2. The van der Waals surface area contributed by atoms with Gasteiger partial charge in [0, 0.05) is 37.5 Å². The van der Waals surface area contributed by atoms with Crippen LogP contribution in [0.3, 0.4) is 0 Å². The highest BCUT2D eigenvalue weighted by molar-refractivity contribution is 5.93. The second-order valence-electron chi connectivity index (χ2n) is 7.85. The van der Waals surface area contributed by atoms with Crippen LogP contribution in [-0.2, 0) is 15.7 Å². The molecule has 1 saturated heterocycles. The maximum Gasteiger partial charge on any atom is 0.417 e. The molecule has 0 bridgehead atoms. The van der Waals surface area contributed by atoms with Crippen LogP contribution in [0.5, 0.6) is 0 Å². The molecular formula is C23H24F3N3O2. The van der Waals surface area contributed by atoms with Crippen LogP contribution in [0.1, 0.15) is 22.3 Å². The van der Waals surface area contributed by atoms with Gasteiger partial charge in [-0.05, 0) is 55.3 Å². The molecule has 0 spiro atoms. The molecule has 1 N–H and O–H groups in total. The molecule has 0 aliphatic carbocycles. The van der Waals surface area contributed by atoms with E-state index in [2.05, 4.69) is 5.32 Å². The van der Waals surface area contributed by atoms with E-state index in [1.807, 2.05) is 32.0 Å². The van der Waals surface area contributed by atoms with Crippen LogP contribution in [0.2, 0.25) is 0 Å². The van der Waals surface area contributed by atoms with Crippen molar-refractivity contribution in [1.29, 1.82) is 5.26 Å². The predicted octanol–water partition coefficient (Wildman–Crippen LogP) is 4.53. The molecule has 1 fully saturated rings. The molecular weight excluding hydrogens is 407 g/mol. The van der Waals surface area contributed by atoms with E-state index in [0.29, 0.717) is 24.5 Å². The first-order chi connectivity index (χ1) is 14.6. The minimum Gasteiger partial charge on any atom is -0.384 e. The van der Waals surface area contributed by atoms with Gasteiger partial charge in [0.1, 0.15) is 0 Å². The number of benzene rings is 2. The minimum absolute atomic E-state index is 0.179. The van der Waals surface area contributed by atoms with Gasteiger partial charge < -0.3 is 15.0 Å². The lowest BCUT2D eigenvalue weighted by Gasteiger charge is -2.20. The predicted molar refractivity (Wildman–Crippen MR) is 112 cm³/mol. The van der Waals surface area contributed by atoms with Crippen molar-refractivity contribution in [2.24, 2.45) is 11.8 Å². The van der Waals surface area contributed by atoms with E-state index in [9.17, 15) is 18.0 Å². The second kappa shape index (κ2) is 8.98. The molecule has 3 rings (SSSR count). The van der Waals surface area contributed by atoms with Gasteiger partial charge in [0.2, 0.25) is 5.91 Å². The molecule has 2 aromatic carbocycles. The molecule has 2 atom stereocenters. The maximum absolute atomic E-state index is 13.4. The van der Waals surface area contributed by atoms with Crippen LogP contribution < -0.4 is 10.2 Å². The van der Waals surface area contributed by atoms with Crippen LogP contribution in [0.25, 0.3) is 0 Å². The molecule has 0 radical (unpaired) electrons. The summed E-state index contributed by atoms with van der Waals surface area (Å²) in [5, 5.41) is 11.9. The highest BCUT2D eigenvalue weighted by atomic mass is 19.4. The Labute approximate surface area is 179 Å². The molecule has 2 unspecified atom stereocenters. The van der Waals surface area contributed by atoms with Crippen molar-refractivity contribution in [2.45, 2.75) is 20.0 Å². The summed E-state index contributed by atoms with van der Waals surface area (Å²) in [6.07, 6.45) is -4.63. The number of aryl methyl sites for hydroxylation is 2. The molecule has 0 aromatic heterocycles. The third-order valence-electron chi connectivity index (χ3n) is 5.73. The average Bonchev–Trinajstić information content (AvgIpc) is 3.14. The topological polar surface area (TPSA) is 65.4 Å². The Kier molecular flexibility index (Phi) is 6.56. The quantitative estimate of drug-likeness (QED) is 0.756. The summed E-state index contributed by atoms with van der Waals surface area (Å²) >= 11 is 0. The number of halogens is 3. The number of nitriles is 1. The molecule has 2 aromatic rings. The van der Waals surface area contributed by atoms with Crippen molar-refractivity contribution in [1.82, 2.24) is 0 Å². The Hall–Kier alpha value is -3.05. The number of alkyl halides is 3. The molecule has 8 heteroatoms. The first-order valence-electron chi connectivity index (χ1n) is 9.87. The van der Waals surface area contributed by atoms with E-state index in [1.165, 1.54) is 19.2 Å². The Morgan fingerprint density at radius 2 is 1.94 bits per heavy atom. The molecule has 1 aliphatic heterocycles. The summed E-state index contributed by atoms with van der Waals surface area (Å²) in [4.78, 5) is 14.7. The van der Waals surface area contributed by atoms with Gasteiger partial charge >= 0.3 is 6.18 Å². The summed E-state index contributed by atoms with van der Waals surface area (Å²) < 4.78 is 45.3. The summed E-state index contributed by atoms with van der Waals surface area (Å²) in [6.45, 7) is 4.89. The summed E-state index contributed by atoms with van der Waals surface area (Å²) in [5.74, 6) is -0.828. The summed E-state index contributed by atoms with van der Waals surface area (Å²) in [7, 11) is 1.53. The zero-order valence-corrected chi connectivity index (χ0v) is 17.6. The van der Waals surface area contributed by atoms with Gasteiger partial charge in [0.15, 0.2) is 0 Å². The zero-order chi connectivity index (χ0) is 22.8. The zero-order valence-electron chi connectivity index (χ0n) is 17.6. The first-order valence-corrected chi connectivity index (χ1v) is 9.87. The van der Waals surface area contributed by atoms with Crippen LogP contribution in [-0.4, -0.2) is 32.7 Å². The number of methoxy groups -OCH3 is 1. The van der Waals surface area contributed by atoms with Gasteiger partial charge in [-0.1, -0.05) is 6.07 Å². The number of amides is 1. The van der Waals surface area contributed by atoms with Crippen molar-refractivity contribution in [3.63, 3.8) is 0 Å². The van der Waals surface area contributed by atoms with Gasteiger partial charge in [0.05, 0.1) is 29.7 Å². The van der Waals surface area contributed by atoms with Crippen LogP contribution in [0.4, 0.5) is 24.5 Å². The smallest absolute Gasteiger partial charge is 0.384 e. The van der Waals surface area contributed by atoms with Crippen molar-refractivity contribution < 1.29 is 22.7 Å². The van der Waals surface area contributed by atoms with Crippen molar-refractivity contribution in [3.05, 3.63) is 58.7 Å². The Morgan fingerprint density at radius 1 is 1.19 bits per heavy atom. The number of hydrogen-bond donors (Lipinski definition) is 1. The van der Waals surface area contributed by atoms with E-state index >= 15 is 0 Å². The fourth-order valence-electron chi connectivity index (χ4n) is 3.88. The van der Waals surface area contributed by atoms with Gasteiger partial charge in [-0.2, -0.15) is 18.4 Å². The van der Waals surface area contributed by atoms with E-state index in [4.69, 9.17) is 10.00 Å². The van der Waals surface area contributed by atoms with Crippen LogP contribution in [0.15, 0.2) is 36.4 Å². The largest absolute Gasteiger partial charge is 0.417 e. The number of rotatable bonds is 5. The monoisotopic (exact) mass is 431 g/mol. The Balaban J connectivity index is 1.83. The fourth-order valence-corrected chi connectivity index (χ4v) is 3.88. The molecule has 1 heterocycles. The third kappa shape index (κ3) is 5.00. The van der Waals surface area contributed by atoms with Crippen molar-refractivity contribution >= 4 is 17.3 Å². The van der Waals surface area contributed by atoms with E-state index in [1.54, 1.807) is 11.0 Å². The minimum atomic E-state index is -4.63. The lowest BCUT2D eigenvalue weighted by atomic mass is 9.96. The number of carbonyl (C=O) groups is 1. The molecule has 5 nitrogen and oxygen atoms in total. The van der Waals surface area contributed by atoms with Gasteiger partial charge in [-0.3, -0.25) is 4.79 Å². The molecule has 1 aliphatic rings. The Bertz CT molecular complexity index is 1010. The standard InChI is InChI=1S/C23H24F3N3O2/c1-14-4-6-18(8-15(14)2)28-22(30)20-12-29(11-17(20)13-31-3)19-7-5-16(10-27)21(9-19)23(24,25)26/h4-9,17,20H,11-13H2,1-3H3,(H,28,30). The molecule has 1 amide bonds. The molecule has 0 saturated carbocycles. The van der Waals surface area contributed by atoms with Crippen molar-refractivity contribution in [3.8, 4) is 6.07 Å². The lowest BCUT2D eigenvalue weighted by Crippen LogP contribution is -2.31. The lowest BCUT2D eigenvalue weighted by molar-refractivity contribution is -0.137. The van der Waals surface area contributed by atoms with Crippen LogP contribution >= 0.6 is 0 Å². The highest BCUT2D eigenvalue weighted by Gasteiger charge is 2.39. The van der Waals surface area contributed by atoms with E-state index in [-0.39, 0.29) is 18.4 Å². The number of carbonyl (C=O) groups excluding carboxylic acids is 1. The number of nitrogens with one attached hydrogen (secondary N) is 1.